The molecular formula is C16H15F3N2O2S. The Balaban J connectivity index is 1.77. The van der Waals surface area contributed by atoms with Crippen LogP contribution in [0.5, 0.6) is 0 Å². The number of piperazine rings is 1. The van der Waals surface area contributed by atoms with E-state index in [1.165, 1.54) is 6.07 Å². The minimum atomic E-state index is -3.99. The maximum absolute atomic E-state index is 13.8. The number of sulfonamides is 1. The molecule has 8 heteroatoms. The van der Waals surface area contributed by atoms with E-state index in [-0.39, 0.29) is 32.0 Å². The molecule has 2 aromatic rings. The van der Waals surface area contributed by atoms with Gasteiger partial charge in [-0.25, -0.2) is 21.6 Å². The Labute approximate surface area is 138 Å². The van der Waals surface area contributed by atoms with Crippen LogP contribution in [-0.2, 0) is 10.0 Å². The number of halogens is 3. The molecule has 0 unspecified atom stereocenters. The Hall–Kier alpha value is -2.06. The van der Waals surface area contributed by atoms with Crippen LogP contribution in [0.25, 0.3) is 0 Å². The first-order valence-corrected chi connectivity index (χ1v) is 8.77. The standard InChI is InChI=1S/C16H15F3N2O2S/c17-12-9-13(18)11-14(10-12)24(22,23)21-7-5-20(6-8-21)16-4-2-1-3-15(16)19/h1-4,9-11H,5-8H2. The topological polar surface area (TPSA) is 40.6 Å². The van der Waals surface area contributed by atoms with Crippen molar-refractivity contribution < 1.29 is 21.6 Å². The molecule has 2 aromatic carbocycles. The van der Waals surface area contributed by atoms with Gasteiger partial charge in [0.05, 0.1) is 10.6 Å². The van der Waals surface area contributed by atoms with Crippen molar-refractivity contribution in [2.45, 2.75) is 4.90 Å². The minimum Gasteiger partial charge on any atom is -0.367 e. The lowest BCUT2D eigenvalue weighted by atomic mass is 10.2. The predicted molar refractivity (Wildman–Crippen MR) is 83.7 cm³/mol. The summed E-state index contributed by atoms with van der Waals surface area (Å²) in [7, 11) is -3.99. The fourth-order valence-corrected chi connectivity index (χ4v) is 4.17. The second-order valence-corrected chi connectivity index (χ2v) is 7.39. The van der Waals surface area contributed by atoms with E-state index in [4.69, 9.17) is 0 Å². The Morgan fingerprint density at radius 3 is 2.00 bits per heavy atom. The van der Waals surface area contributed by atoms with Crippen molar-refractivity contribution in [2.24, 2.45) is 0 Å². The number of benzene rings is 2. The number of para-hydroxylation sites is 1. The molecule has 3 rings (SSSR count). The third kappa shape index (κ3) is 3.25. The summed E-state index contributed by atoms with van der Waals surface area (Å²) in [5.41, 5.74) is 0.409. The van der Waals surface area contributed by atoms with Crippen molar-refractivity contribution in [3.63, 3.8) is 0 Å². The van der Waals surface area contributed by atoms with Gasteiger partial charge >= 0.3 is 0 Å². The molecule has 0 spiro atoms. The highest BCUT2D eigenvalue weighted by Gasteiger charge is 2.29. The second-order valence-electron chi connectivity index (χ2n) is 5.45. The summed E-state index contributed by atoms with van der Waals surface area (Å²) >= 11 is 0. The maximum atomic E-state index is 13.8. The second kappa shape index (κ2) is 6.45. The molecule has 1 aliphatic heterocycles. The Morgan fingerprint density at radius 1 is 0.833 bits per heavy atom. The highest BCUT2D eigenvalue weighted by Crippen LogP contribution is 2.24. The van der Waals surface area contributed by atoms with Crippen LogP contribution in [0.1, 0.15) is 0 Å². The third-order valence-electron chi connectivity index (χ3n) is 3.91. The lowest BCUT2D eigenvalue weighted by Gasteiger charge is -2.35. The van der Waals surface area contributed by atoms with E-state index in [0.29, 0.717) is 11.8 Å². The molecule has 0 atom stereocenters. The van der Waals surface area contributed by atoms with Gasteiger partial charge in [0.2, 0.25) is 10.0 Å². The normalized spacial score (nSPS) is 16.4. The summed E-state index contributed by atoms with van der Waals surface area (Å²) in [5.74, 6) is -2.27. The first-order valence-electron chi connectivity index (χ1n) is 7.33. The van der Waals surface area contributed by atoms with Crippen LogP contribution in [0.15, 0.2) is 47.4 Å². The highest BCUT2D eigenvalue weighted by molar-refractivity contribution is 7.89. The molecule has 1 heterocycles. The Kier molecular flexibility index (Phi) is 4.51. The Morgan fingerprint density at radius 2 is 1.42 bits per heavy atom. The lowest BCUT2D eigenvalue weighted by Crippen LogP contribution is -2.48. The monoisotopic (exact) mass is 356 g/mol. The average molecular weight is 356 g/mol. The summed E-state index contributed by atoms with van der Waals surface area (Å²) in [5, 5.41) is 0. The van der Waals surface area contributed by atoms with Crippen molar-refractivity contribution in [1.29, 1.82) is 0 Å². The molecule has 0 bridgehead atoms. The van der Waals surface area contributed by atoms with E-state index in [1.54, 1.807) is 23.1 Å². The van der Waals surface area contributed by atoms with Crippen molar-refractivity contribution in [2.75, 3.05) is 31.1 Å². The molecule has 4 nitrogen and oxygen atoms in total. The van der Waals surface area contributed by atoms with Gasteiger partial charge in [0, 0.05) is 32.2 Å². The van der Waals surface area contributed by atoms with Crippen LogP contribution in [0, 0.1) is 17.5 Å². The van der Waals surface area contributed by atoms with Crippen LogP contribution in [0.2, 0.25) is 0 Å². The van der Waals surface area contributed by atoms with Crippen molar-refractivity contribution in [1.82, 2.24) is 4.31 Å². The van der Waals surface area contributed by atoms with Gasteiger partial charge in [-0.3, -0.25) is 0 Å². The van der Waals surface area contributed by atoms with Gasteiger partial charge in [0.1, 0.15) is 17.5 Å². The molecule has 0 aromatic heterocycles. The Bertz CT molecular complexity index is 830. The summed E-state index contributed by atoms with van der Waals surface area (Å²) < 4.78 is 66.5. The van der Waals surface area contributed by atoms with Gasteiger partial charge in [0.25, 0.3) is 0 Å². The molecule has 0 N–H and O–H groups in total. The number of anilines is 1. The van der Waals surface area contributed by atoms with E-state index < -0.39 is 26.6 Å². The average Bonchev–Trinajstić information content (AvgIpc) is 2.54. The van der Waals surface area contributed by atoms with Crippen molar-refractivity contribution in [3.8, 4) is 0 Å². The van der Waals surface area contributed by atoms with Gasteiger partial charge in [-0.05, 0) is 24.3 Å². The molecular weight excluding hydrogens is 341 g/mol. The van der Waals surface area contributed by atoms with Gasteiger partial charge in [-0.1, -0.05) is 12.1 Å². The quantitative estimate of drug-likeness (QED) is 0.849. The maximum Gasteiger partial charge on any atom is 0.243 e. The van der Waals surface area contributed by atoms with Gasteiger partial charge in [-0.15, -0.1) is 0 Å². The van der Waals surface area contributed by atoms with Crippen LogP contribution < -0.4 is 4.90 Å². The van der Waals surface area contributed by atoms with Crippen LogP contribution in [0.3, 0.4) is 0 Å². The molecule has 1 fully saturated rings. The third-order valence-corrected chi connectivity index (χ3v) is 5.78. The minimum absolute atomic E-state index is 0.106. The van der Waals surface area contributed by atoms with Crippen molar-refractivity contribution in [3.05, 3.63) is 59.9 Å². The number of nitrogens with zero attached hydrogens (tertiary/aromatic N) is 2. The molecule has 0 amide bonds. The summed E-state index contributed by atoms with van der Waals surface area (Å²) in [6.07, 6.45) is 0. The van der Waals surface area contributed by atoms with E-state index in [9.17, 15) is 21.6 Å². The van der Waals surface area contributed by atoms with Crippen LogP contribution in [-0.4, -0.2) is 38.9 Å². The van der Waals surface area contributed by atoms with E-state index in [2.05, 4.69) is 0 Å². The van der Waals surface area contributed by atoms with Gasteiger partial charge in [-0.2, -0.15) is 4.31 Å². The SMILES string of the molecule is O=S(=O)(c1cc(F)cc(F)c1)N1CCN(c2ccccc2F)CC1. The van der Waals surface area contributed by atoms with Gasteiger partial charge in [0.15, 0.2) is 0 Å². The summed E-state index contributed by atoms with van der Waals surface area (Å²) in [6.45, 7) is 0.791. The first-order chi connectivity index (χ1) is 11.4. The van der Waals surface area contributed by atoms with E-state index in [1.807, 2.05) is 0 Å². The molecule has 24 heavy (non-hydrogen) atoms. The molecule has 0 radical (unpaired) electrons. The van der Waals surface area contributed by atoms with E-state index in [0.717, 1.165) is 16.4 Å². The number of hydrogen-bond acceptors (Lipinski definition) is 3. The fraction of sp³-hybridized carbons (Fsp3) is 0.250. The van der Waals surface area contributed by atoms with Crippen LogP contribution >= 0.6 is 0 Å². The molecule has 0 aliphatic carbocycles. The lowest BCUT2D eigenvalue weighted by molar-refractivity contribution is 0.382. The largest absolute Gasteiger partial charge is 0.367 e. The van der Waals surface area contributed by atoms with Crippen LogP contribution in [0.4, 0.5) is 18.9 Å². The predicted octanol–water partition coefficient (Wildman–Crippen LogP) is 2.61. The number of rotatable bonds is 3. The number of hydrogen-bond donors (Lipinski definition) is 0. The molecule has 128 valence electrons. The summed E-state index contributed by atoms with van der Waals surface area (Å²) in [4.78, 5) is 1.33. The smallest absolute Gasteiger partial charge is 0.243 e. The van der Waals surface area contributed by atoms with Gasteiger partial charge < -0.3 is 4.90 Å². The zero-order valence-corrected chi connectivity index (χ0v) is 13.4. The molecule has 1 aliphatic rings. The fourth-order valence-electron chi connectivity index (χ4n) is 2.70. The van der Waals surface area contributed by atoms with Crippen molar-refractivity contribution >= 4 is 15.7 Å². The molecule has 1 saturated heterocycles. The zero-order valence-electron chi connectivity index (χ0n) is 12.6. The zero-order chi connectivity index (χ0) is 17.3. The molecule has 0 saturated carbocycles. The first kappa shape index (κ1) is 16.8. The van der Waals surface area contributed by atoms with E-state index >= 15 is 0 Å². The highest BCUT2D eigenvalue weighted by atomic mass is 32.2. The summed E-state index contributed by atoms with van der Waals surface area (Å²) in [6, 6.07) is 8.46.